The highest BCUT2D eigenvalue weighted by Gasteiger charge is 2.15. The van der Waals surface area contributed by atoms with E-state index < -0.39 is 12.1 Å². The summed E-state index contributed by atoms with van der Waals surface area (Å²) < 4.78 is 15.3. The number of carbonyl (C=O) groups excluding carboxylic acids is 2. The van der Waals surface area contributed by atoms with E-state index in [0.717, 1.165) is 0 Å². The molecule has 1 atom stereocenters. The monoisotopic (exact) mass is 307 g/mol. The molecule has 0 spiro atoms. The van der Waals surface area contributed by atoms with Crippen LogP contribution in [-0.4, -0.2) is 38.7 Å². The molecule has 0 unspecified atom stereocenters. The van der Waals surface area contributed by atoms with Gasteiger partial charge in [-0.2, -0.15) is 0 Å². The summed E-state index contributed by atoms with van der Waals surface area (Å²) in [7, 11) is 3.09. The lowest BCUT2D eigenvalue weighted by atomic mass is 10.1. The number of amides is 1. The summed E-state index contributed by atoms with van der Waals surface area (Å²) in [6, 6.07) is 5.22. The molecular formula is C16H21NO5. The smallest absolute Gasteiger partial charge is 0.331 e. The van der Waals surface area contributed by atoms with Crippen molar-refractivity contribution in [3.63, 3.8) is 0 Å². The van der Waals surface area contributed by atoms with Crippen LogP contribution in [0.15, 0.2) is 24.3 Å². The number of carbonyl (C=O) groups is 2. The molecule has 1 N–H and O–H groups in total. The van der Waals surface area contributed by atoms with E-state index in [2.05, 4.69) is 5.32 Å². The standard InChI is InChI=1S/C16H21NO5/c1-5-17-16(19)11(2)22-15(18)9-7-12-6-8-13(20-3)10-14(12)21-4/h6-11H,5H2,1-4H3,(H,17,19)/b9-7+/t11-/m1/s1. The molecule has 0 saturated heterocycles. The topological polar surface area (TPSA) is 73.9 Å². The fourth-order valence-electron chi connectivity index (χ4n) is 1.70. The molecule has 6 nitrogen and oxygen atoms in total. The first-order valence-corrected chi connectivity index (χ1v) is 6.90. The van der Waals surface area contributed by atoms with Gasteiger partial charge in [0.2, 0.25) is 0 Å². The van der Waals surface area contributed by atoms with Gasteiger partial charge in [-0.3, -0.25) is 4.79 Å². The highest BCUT2D eigenvalue weighted by atomic mass is 16.5. The van der Waals surface area contributed by atoms with Crippen molar-refractivity contribution in [1.29, 1.82) is 0 Å². The van der Waals surface area contributed by atoms with E-state index >= 15 is 0 Å². The van der Waals surface area contributed by atoms with Crippen LogP contribution in [0.1, 0.15) is 19.4 Å². The maximum atomic E-state index is 11.7. The lowest BCUT2D eigenvalue weighted by Gasteiger charge is -2.11. The molecule has 0 aliphatic carbocycles. The predicted octanol–water partition coefficient (Wildman–Crippen LogP) is 1.78. The third-order valence-corrected chi connectivity index (χ3v) is 2.85. The lowest BCUT2D eigenvalue weighted by molar-refractivity contribution is -0.150. The van der Waals surface area contributed by atoms with Gasteiger partial charge < -0.3 is 19.5 Å². The van der Waals surface area contributed by atoms with Gasteiger partial charge in [0.15, 0.2) is 6.10 Å². The minimum atomic E-state index is -0.838. The summed E-state index contributed by atoms with van der Waals surface area (Å²) in [6.07, 6.45) is 1.97. The van der Waals surface area contributed by atoms with Gasteiger partial charge in [0.05, 0.1) is 14.2 Å². The van der Waals surface area contributed by atoms with Crippen LogP contribution in [0.25, 0.3) is 6.08 Å². The fraction of sp³-hybridized carbons (Fsp3) is 0.375. The molecule has 0 fully saturated rings. The highest BCUT2D eigenvalue weighted by Crippen LogP contribution is 2.25. The van der Waals surface area contributed by atoms with Gasteiger partial charge >= 0.3 is 5.97 Å². The zero-order chi connectivity index (χ0) is 16.5. The van der Waals surface area contributed by atoms with E-state index in [9.17, 15) is 9.59 Å². The summed E-state index contributed by atoms with van der Waals surface area (Å²) in [6.45, 7) is 3.80. The first-order valence-electron chi connectivity index (χ1n) is 6.90. The van der Waals surface area contributed by atoms with Gasteiger partial charge in [0, 0.05) is 24.3 Å². The average molecular weight is 307 g/mol. The third-order valence-electron chi connectivity index (χ3n) is 2.85. The number of ether oxygens (including phenoxy) is 3. The van der Waals surface area contributed by atoms with E-state index in [1.165, 1.54) is 20.1 Å². The number of likely N-dealkylation sites (N-methyl/N-ethyl adjacent to an activating group) is 1. The Bertz CT molecular complexity index is 553. The molecule has 22 heavy (non-hydrogen) atoms. The molecule has 0 bridgehead atoms. The number of rotatable bonds is 7. The molecule has 1 aromatic carbocycles. The van der Waals surface area contributed by atoms with Gasteiger partial charge in [-0.25, -0.2) is 4.79 Å². The van der Waals surface area contributed by atoms with Gasteiger partial charge in [-0.1, -0.05) is 0 Å². The molecule has 1 rings (SSSR count). The normalized spacial score (nSPS) is 11.8. The fourth-order valence-corrected chi connectivity index (χ4v) is 1.70. The Morgan fingerprint density at radius 2 is 2.00 bits per heavy atom. The Morgan fingerprint density at radius 3 is 2.59 bits per heavy atom. The Balaban J connectivity index is 2.71. The van der Waals surface area contributed by atoms with Gasteiger partial charge in [-0.15, -0.1) is 0 Å². The molecule has 0 heterocycles. The Labute approximate surface area is 130 Å². The van der Waals surface area contributed by atoms with E-state index in [4.69, 9.17) is 14.2 Å². The van der Waals surface area contributed by atoms with E-state index in [1.54, 1.807) is 38.3 Å². The van der Waals surface area contributed by atoms with Gasteiger partial charge in [0.1, 0.15) is 11.5 Å². The van der Waals surface area contributed by atoms with Gasteiger partial charge in [-0.05, 0) is 32.1 Å². The summed E-state index contributed by atoms with van der Waals surface area (Å²) in [5.74, 6) is 0.296. The summed E-state index contributed by atoms with van der Waals surface area (Å²) in [5.41, 5.74) is 0.700. The van der Waals surface area contributed by atoms with Crippen LogP contribution in [0.2, 0.25) is 0 Å². The van der Waals surface area contributed by atoms with E-state index in [0.29, 0.717) is 23.6 Å². The molecule has 1 amide bonds. The second-order valence-electron chi connectivity index (χ2n) is 4.41. The molecule has 0 aromatic heterocycles. The van der Waals surface area contributed by atoms with Crippen LogP contribution in [0.5, 0.6) is 11.5 Å². The molecule has 0 saturated carbocycles. The van der Waals surface area contributed by atoms with Crippen LogP contribution in [0.3, 0.4) is 0 Å². The zero-order valence-electron chi connectivity index (χ0n) is 13.2. The number of nitrogens with one attached hydrogen (secondary N) is 1. The number of esters is 1. The summed E-state index contributed by atoms with van der Waals surface area (Å²) in [5, 5.41) is 2.58. The maximum Gasteiger partial charge on any atom is 0.331 e. The molecule has 0 radical (unpaired) electrons. The van der Waals surface area contributed by atoms with Crippen molar-refractivity contribution in [2.75, 3.05) is 20.8 Å². The predicted molar refractivity (Wildman–Crippen MR) is 82.8 cm³/mol. The number of hydrogen-bond acceptors (Lipinski definition) is 5. The Kier molecular flexibility index (Phi) is 6.95. The second-order valence-corrected chi connectivity index (χ2v) is 4.41. The molecule has 120 valence electrons. The van der Waals surface area contributed by atoms with E-state index in [-0.39, 0.29) is 5.91 Å². The SMILES string of the molecule is CCNC(=O)[C@@H](C)OC(=O)/C=C/c1ccc(OC)cc1OC. The van der Waals surface area contributed by atoms with E-state index in [1.807, 2.05) is 0 Å². The van der Waals surface area contributed by atoms with Crippen LogP contribution >= 0.6 is 0 Å². The van der Waals surface area contributed by atoms with Crippen molar-refractivity contribution in [2.45, 2.75) is 20.0 Å². The number of methoxy groups -OCH3 is 2. The molecule has 0 aliphatic rings. The minimum Gasteiger partial charge on any atom is -0.497 e. The Hall–Kier alpha value is -2.50. The summed E-state index contributed by atoms with van der Waals surface area (Å²) >= 11 is 0. The average Bonchev–Trinajstić information content (AvgIpc) is 2.52. The van der Waals surface area contributed by atoms with Crippen LogP contribution in [0.4, 0.5) is 0 Å². The Morgan fingerprint density at radius 1 is 1.27 bits per heavy atom. The van der Waals surface area contributed by atoms with Crippen molar-refractivity contribution in [3.8, 4) is 11.5 Å². The third kappa shape index (κ3) is 5.12. The maximum absolute atomic E-state index is 11.7. The molecule has 6 heteroatoms. The molecular weight excluding hydrogens is 286 g/mol. The number of hydrogen-bond donors (Lipinski definition) is 1. The minimum absolute atomic E-state index is 0.328. The van der Waals surface area contributed by atoms with Crippen LogP contribution in [-0.2, 0) is 14.3 Å². The van der Waals surface area contributed by atoms with Crippen LogP contribution < -0.4 is 14.8 Å². The number of benzene rings is 1. The van der Waals surface area contributed by atoms with Crippen molar-refractivity contribution in [1.82, 2.24) is 5.32 Å². The second kappa shape index (κ2) is 8.71. The van der Waals surface area contributed by atoms with Gasteiger partial charge in [0.25, 0.3) is 5.91 Å². The van der Waals surface area contributed by atoms with Crippen LogP contribution in [0, 0.1) is 0 Å². The zero-order valence-corrected chi connectivity index (χ0v) is 13.2. The van der Waals surface area contributed by atoms with Crippen molar-refractivity contribution in [2.24, 2.45) is 0 Å². The first kappa shape index (κ1) is 17.6. The van der Waals surface area contributed by atoms with Crippen molar-refractivity contribution in [3.05, 3.63) is 29.8 Å². The van der Waals surface area contributed by atoms with Crippen molar-refractivity contribution >= 4 is 18.0 Å². The highest BCUT2D eigenvalue weighted by molar-refractivity contribution is 5.90. The lowest BCUT2D eigenvalue weighted by Crippen LogP contribution is -2.35. The molecule has 0 aliphatic heterocycles. The largest absolute Gasteiger partial charge is 0.497 e. The first-order chi connectivity index (χ1) is 10.5. The molecule has 1 aromatic rings. The van der Waals surface area contributed by atoms with Crippen molar-refractivity contribution < 1.29 is 23.8 Å². The summed E-state index contributed by atoms with van der Waals surface area (Å²) in [4.78, 5) is 23.2. The quantitative estimate of drug-likeness (QED) is 0.614.